The molecule has 1 aliphatic heterocycles. The first kappa shape index (κ1) is 13.1. The highest BCUT2D eigenvalue weighted by Gasteiger charge is 2.66. The molecule has 7 heteroatoms. The summed E-state index contributed by atoms with van der Waals surface area (Å²) in [6, 6.07) is 9.06. The molecule has 112 valence electrons. The van der Waals surface area contributed by atoms with Crippen molar-refractivity contribution in [2.24, 2.45) is 0 Å². The van der Waals surface area contributed by atoms with Crippen LogP contribution in [0.15, 0.2) is 40.8 Å². The Balaban J connectivity index is 2.08. The van der Waals surface area contributed by atoms with E-state index in [-0.39, 0.29) is 11.3 Å². The largest absolute Gasteiger partial charge is 0.456 e. The van der Waals surface area contributed by atoms with Crippen molar-refractivity contribution in [3.63, 3.8) is 0 Å². The summed E-state index contributed by atoms with van der Waals surface area (Å²) in [7, 11) is 0. The summed E-state index contributed by atoms with van der Waals surface area (Å²) in [5.41, 5.74) is -3.51. The topological polar surface area (TPSA) is 59.7 Å². The molecular weight excluding hydrogens is 301 g/mol. The van der Waals surface area contributed by atoms with Gasteiger partial charge in [0.25, 0.3) is 5.60 Å². The van der Waals surface area contributed by atoms with Crippen LogP contribution in [0.1, 0.15) is 5.56 Å². The summed E-state index contributed by atoms with van der Waals surface area (Å²) in [6.07, 6.45) is -5.18. The molecule has 0 unspecified atom stereocenters. The average Bonchev–Trinajstić information content (AvgIpc) is 2.93. The van der Waals surface area contributed by atoms with Crippen LogP contribution in [-0.4, -0.2) is 17.3 Å². The van der Waals surface area contributed by atoms with Gasteiger partial charge in [-0.05, 0) is 12.1 Å². The number of benzene rings is 2. The summed E-state index contributed by atoms with van der Waals surface area (Å²) in [6.45, 7) is 0. The molecule has 0 spiro atoms. The van der Waals surface area contributed by atoms with Gasteiger partial charge in [0.1, 0.15) is 16.9 Å². The van der Waals surface area contributed by atoms with Gasteiger partial charge >= 0.3 is 12.1 Å². The highest BCUT2D eigenvalue weighted by atomic mass is 19.4. The maximum Gasteiger partial charge on any atom is 0.432 e. The molecule has 2 aromatic carbocycles. The third kappa shape index (κ3) is 1.43. The molecular formula is C15H7F3O4. The van der Waals surface area contributed by atoms with Gasteiger partial charge in [-0.25, -0.2) is 4.79 Å². The van der Waals surface area contributed by atoms with Gasteiger partial charge in [0.05, 0.1) is 0 Å². The van der Waals surface area contributed by atoms with E-state index in [2.05, 4.69) is 4.74 Å². The molecule has 1 aliphatic rings. The fourth-order valence-electron chi connectivity index (χ4n) is 2.67. The number of fused-ring (bicyclic) bond motifs is 4. The van der Waals surface area contributed by atoms with E-state index in [9.17, 15) is 23.1 Å². The Morgan fingerprint density at radius 2 is 1.77 bits per heavy atom. The molecule has 1 aromatic heterocycles. The van der Waals surface area contributed by atoms with Crippen LogP contribution in [0, 0.1) is 0 Å². The van der Waals surface area contributed by atoms with Gasteiger partial charge in [0.15, 0.2) is 0 Å². The number of carbonyl (C=O) groups is 1. The smallest absolute Gasteiger partial charge is 0.432 e. The standard InChI is InChI=1S/C15H7F3O4/c16-15(17,18)14(20)9-5-8-7-3-1-2-4-10(7)21-11(8)6-12(9)22-13(14)19/h1-6,20H/t14-/m1/s1. The Kier molecular flexibility index (Phi) is 2.27. The molecule has 2 heterocycles. The van der Waals surface area contributed by atoms with Crippen molar-refractivity contribution in [2.45, 2.75) is 11.8 Å². The third-order valence-corrected chi connectivity index (χ3v) is 3.78. The van der Waals surface area contributed by atoms with Crippen molar-refractivity contribution >= 4 is 27.9 Å². The first-order chi connectivity index (χ1) is 10.3. The van der Waals surface area contributed by atoms with Crippen LogP contribution in [0.2, 0.25) is 0 Å². The van der Waals surface area contributed by atoms with Gasteiger partial charge in [-0.15, -0.1) is 0 Å². The van der Waals surface area contributed by atoms with E-state index in [4.69, 9.17) is 4.42 Å². The minimum absolute atomic E-state index is 0.277. The van der Waals surface area contributed by atoms with Crippen molar-refractivity contribution in [2.75, 3.05) is 0 Å². The highest BCUT2D eigenvalue weighted by molar-refractivity contribution is 6.07. The van der Waals surface area contributed by atoms with Crippen LogP contribution in [0.3, 0.4) is 0 Å². The molecule has 0 amide bonds. The number of hydrogen-bond donors (Lipinski definition) is 1. The van der Waals surface area contributed by atoms with Gasteiger partial charge in [-0.3, -0.25) is 0 Å². The van der Waals surface area contributed by atoms with Crippen LogP contribution in [0.4, 0.5) is 13.2 Å². The number of alkyl halides is 3. The third-order valence-electron chi connectivity index (χ3n) is 3.78. The second-order valence-corrected chi connectivity index (χ2v) is 5.04. The number of aliphatic hydroxyl groups is 1. The molecule has 1 N–H and O–H groups in total. The van der Waals surface area contributed by atoms with Gasteiger partial charge in [-0.2, -0.15) is 13.2 Å². The fraction of sp³-hybridized carbons (Fsp3) is 0.133. The molecule has 1 atom stereocenters. The number of furan rings is 1. The minimum Gasteiger partial charge on any atom is -0.456 e. The van der Waals surface area contributed by atoms with E-state index in [1.165, 1.54) is 6.07 Å². The van der Waals surface area contributed by atoms with Crippen LogP contribution < -0.4 is 4.74 Å². The van der Waals surface area contributed by atoms with E-state index < -0.39 is 23.3 Å². The zero-order valence-corrected chi connectivity index (χ0v) is 10.8. The van der Waals surface area contributed by atoms with Crippen LogP contribution in [-0.2, 0) is 10.4 Å². The number of ether oxygens (including phenoxy) is 1. The maximum absolute atomic E-state index is 13.1. The highest BCUT2D eigenvalue weighted by Crippen LogP contribution is 2.50. The molecule has 0 aliphatic carbocycles. The lowest BCUT2D eigenvalue weighted by Gasteiger charge is -2.22. The summed E-state index contributed by atoms with van der Waals surface area (Å²) in [4.78, 5) is 11.5. The second-order valence-electron chi connectivity index (χ2n) is 5.04. The average molecular weight is 308 g/mol. The quantitative estimate of drug-likeness (QED) is 0.511. The lowest BCUT2D eigenvalue weighted by Crippen LogP contribution is -2.47. The van der Waals surface area contributed by atoms with E-state index in [1.54, 1.807) is 24.3 Å². The molecule has 4 rings (SSSR count). The summed E-state index contributed by atoms with van der Waals surface area (Å²) in [5, 5.41) is 10.8. The Bertz CT molecular complexity index is 941. The minimum atomic E-state index is -5.18. The van der Waals surface area contributed by atoms with E-state index >= 15 is 0 Å². The molecule has 0 saturated carbocycles. The Morgan fingerprint density at radius 3 is 2.50 bits per heavy atom. The van der Waals surface area contributed by atoms with Crippen LogP contribution in [0.25, 0.3) is 21.9 Å². The zero-order chi connectivity index (χ0) is 15.7. The predicted molar refractivity (Wildman–Crippen MR) is 69.3 cm³/mol. The van der Waals surface area contributed by atoms with Crippen LogP contribution in [0.5, 0.6) is 5.75 Å². The molecule has 22 heavy (non-hydrogen) atoms. The lowest BCUT2D eigenvalue weighted by molar-refractivity contribution is -0.258. The number of esters is 1. The molecule has 0 radical (unpaired) electrons. The SMILES string of the molecule is O=C1Oc2cc3oc4ccccc4c3cc2[C@]1(O)C(F)(F)F. The number of rotatable bonds is 0. The summed E-state index contributed by atoms with van der Waals surface area (Å²) < 4.78 is 49.5. The van der Waals surface area contributed by atoms with Gasteiger partial charge < -0.3 is 14.3 Å². The summed E-state index contributed by atoms with van der Waals surface area (Å²) >= 11 is 0. The van der Waals surface area contributed by atoms with E-state index in [0.29, 0.717) is 16.4 Å². The number of hydrogen-bond acceptors (Lipinski definition) is 4. The summed E-state index contributed by atoms with van der Waals surface area (Å²) in [5.74, 6) is -2.11. The normalized spacial score (nSPS) is 21.4. The van der Waals surface area contributed by atoms with Crippen molar-refractivity contribution < 1.29 is 32.2 Å². The number of para-hydroxylation sites is 1. The van der Waals surface area contributed by atoms with Gasteiger partial charge in [0, 0.05) is 22.4 Å². The van der Waals surface area contributed by atoms with Gasteiger partial charge in [-0.1, -0.05) is 18.2 Å². The molecule has 4 nitrogen and oxygen atoms in total. The van der Waals surface area contributed by atoms with E-state index in [1.807, 2.05) is 0 Å². The number of halogens is 3. The monoisotopic (exact) mass is 308 g/mol. The Morgan fingerprint density at radius 1 is 1.05 bits per heavy atom. The molecule has 0 bridgehead atoms. The lowest BCUT2D eigenvalue weighted by atomic mass is 9.93. The van der Waals surface area contributed by atoms with Crippen LogP contribution >= 0.6 is 0 Å². The first-order valence-corrected chi connectivity index (χ1v) is 6.29. The van der Waals surface area contributed by atoms with Crippen molar-refractivity contribution in [3.05, 3.63) is 42.0 Å². The van der Waals surface area contributed by atoms with Crippen molar-refractivity contribution in [1.29, 1.82) is 0 Å². The number of carbonyl (C=O) groups excluding carboxylic acids is 1. The van der Waals surface area contributed by atoms with Crippen molar-refractivity contribution in [3.8, 4) is 5.75 Å². The van der Waals surface area contributed by atoms with Crippen molar-refractivity contribution in [1.82, 2.24) is 0 Å². The molecule has 0 saturated heterocycles. The van der Waals surface area contributed by atoms with E-state index in [0.717, 1.165) is 6.07 Å². The maximum atomic E-state index is 13.1. The Hall–Kier alpha value is -2.54. The first-order valence-electron chi connectivity index (χ1n) is 6.29. The molecule has 0 fully saturated rings. The zero-order valence-electron chi connectivity index (χ0n) is 10.8. The van der Waals surface area contributed by atoms with Gasteiger partial charge in [0.2, 0.25) is 0 Å². The molecule has 3 aromatic rings. The predicted octanol–water partition coefficient (Wildman–Crippen LogP) is 3.25. The fourth-order valence-corrected chi connectivity index (χ4v) is 2.67. The second kappa shape index (κ2) is 3.80. The Labute approximate surface area is 120 Å².